The zero-order valence-electron chi connectivity index (χ0n) is 26.9. The summed E-state index contributed by atoms with van der Waals surface area (Å²) in [6.07, 6.45) is 0. The number of fused-ring (bicyclic) bond motifs is 6. The highest BCUT2D eigenvalue weighted by Crippen LogP contribution is 2.46. The summed E-state index contributed by atoms with van der Waals surface area (Å²) in [6.45, 7) is 0. The van der Waals surface area contributed by atoms with Gasteiger partial charge in [-0.15, -0.1) is 11.3 Å². The lowest BCUT2D eigenvalue weighted by atomic mass is 9.92. The molecular weight excluding hydrogens is 629 g/mol. The maximum atomic E-state index is 6.81. The second kappa shape index (κ2) is 11.7. The molecule has 10 rings (SSSR count). The number of hydrogen-bond acceptors (Lipinski definition) is 4. The Morgan fingerprint density at radius 1 is 0.400 bits per heavy atom. The summed E-state index contributed by atoms with van der Waals surface area (Å²) in [7, 11) is 0. The summed E-state index contributed by atoms with van der Waals surface area (Å²) >= 11 is 1.84. The normalized spacial score (nSPS) is 11.6. The first-order valence-corrected chi connectivity index (χ1v) is 17.6. The van der Waals surface area contributed by atoms with Gasteiger partial charge in [-0.3, -0.25) is 0 Å². The van der Waals surface area contributed by atoms with Crippen molar-refractivity contribution in [2.75, 3.05) is 0 Å². The van der Waals surface area contributed by atoms with Crippen molar-refractivity contribution in [1.29, 1.82) is 0 Å². The van der Waals surface area contributed by atoms with Crippen LogP contribution in [0.1, 0.15) is 0 Å². The molecule has 0 unspecified atom stereocenters. The number of hydrogen-bond donors (Lipinski definition) is 0. The molecule has 4 heteroatoms. The topological polar surface area (TPSA) is 38.9 Å². The quantitative estimate of drug-likeness (QED) is 0.185. The van der Waals surface area contributed by atoms with E-state index in [1.165, 1.54) is 25.7 Å². The van der Waals surface area contributed by atoms with Crippen LogP contribution in [0.2, 0.25) is 0 Å². The molecule has 3 heterocycles. The molecule has 0 fully saturated rings. The summed E-state index contributed by atoms with van der Waals surface area (Å²) in [5, 5.41) is 4.73. The van der Waals surface area contributed by atoms with E-state index in [1.54, 1.807) is 0 Å². The molecule has 0 spiro atoms. The van der Waals surface area contributed by atoms with Crippen LogP contribution in [0.15, 0.2) is 174 Å². The first-order valence-electron chi connectivity index (χ1n) is 16.7. The molecule has 0 bridgehead atoms. The molecule has 0 N–H and O–H groups in total. The van der Waals surface area contributed by atoms with Crippen molar-refractivity contribution in [2.24, 2.45) is 0 Å². The summed E-state index contributed by atoms with van der Waals surface area (Å²) in [6, 6.07) is 59.4. The third-order valence-electron chi connectivity index (χ3n) is 9.54. The van der Waals surface area contributed by atoms with Crippen molar-refractivity contribution in [2.45, 2.75) is 0 Å². The average Bonchev–Trinajstić information content (AvgIpc) is 3.77. The zero-order valence-corrected chi connectivity index (χ0v) is 27.7. The molecular formula is C46H28N2OS. The van der Waals surface area contributed by atoms with E-state index in [2.05, 4.69) is 140 Å². The SMILES string of the molecule is c1ccc(-c2nc(-c3ccccc3-c3ccccc3)cc(-c3ccc(-c4cccc5sc6ccccc6c45)c4c3oc3ccccc34)n2)cc1. The number of benzene rings is 7. The van der Waals surface area contributed by atoms with Gasteiger partial charge >= 0.3 is 0 Å². The Labute approximate surface area is 292 Å². The molecule has 0 aliphatic carbocycles. The number of para-hydroxylation sites is 1. The first kappa shape index (κ1) is 28.6. The number of thiophene rings is 1. The third kappa shape index (κ3) is 4.65. The van der Waals surface area contributed by atoms with Crippen molar-refractivity contribution in [3.63, 3.8) is 0 Å². The minimum atomic E-state index is 0.670. The average molecular weight is 657 g/mol. The molecule has 234 valence electrons. The van der Waals surface area contributed by atoms with Gasteiger partial charge in [-0.25, -0.2) is 9.97 Å². The van der Waals surface area contributed by atoms with Gasteiger partial charge in [0.25, 0.3) is 0 Å². The number of furan rings is 1. The van der Waals surface area contributed by atoms with Gasteiger partial charge < -0.3 is 4.42 Å². The van der Waals surface area contributed by atoms with Crippen molar-refractivity contribution in [3.8, 4) is 56.2 Å². The molecule has 3 aromatic heterocycles. The van der Waals surface area contributed by atoms with E-state index in [0.717, 1.165) is 66.7 Å². The zero-order chi connectivity index (χ0) is 33.0. The highest BCUT2D eigenvalue weighted by molar-refractivity contribution is 7.25. The number of aromatic nitrogens is 2. The molecule has 0 radical (unpaired) electrons. The summed E-state index contributed by atoms with van der Waals surface area (Å²) in [5.74, 6) is 0.670. The van der Waals surface area contributed by atoms with Crippen LogP contribution in [0.3, 0.4) is 0 Å². The van der Waals surface area contributed by atoms with Crippen LogP contribution >= 0.6 is 11.3 Å². The Kier molecular flexibility index (Phi) is 6.68. The first-order chi connectivity index (χ1) is 24.8. The Morgan fingerprint density at radius 3 is 1.80 bits per heavy atom. The van der Waals surface area contributed by atoms with Crippen LogP contribution in [-0.2, 0) is 0 Å². The van der Waals surface area contributed by atoms with Crippen molar-refractivity contribution in [3.05, 3.63) is 170 Å². The minimum absolute atomic E-state index is 0.670. The van der Waals surface area contributed by atoms with Crippen molar-refractivity contribution in [1.82, 2.24) is 9.97 Å². The standard InChI is InChI=1S/C46H28N2OS/c1-3-14-29(15-4-1)31-18-7-8-19-32(31)38-28-39(48-46(47-38)30-16-5-2-6-17-30)35-27-26-34(44-36-20-9-11-23-40(36)49-45(35)44)33-22-13-25-42-43(33)37-21-10-12-24-41(37)50-42/h1-28H. The Morgan fingerprint density at radius 2 is 0.980 bits per heavy atom. The second-order valence-corrected chi connectivity index (χ2v) is 13.6. The van der Waals surface area contributed by atoms with Crippen molar-refractivity contribution < 1.29 is 4.42 Å². The molecule has 50 heavy (non-hydrogen) atoms. The van der Waals surface area contributed by atoms with Crippen LogP contribution in [0.4, 0.5) is 0 Å². The van der Waals surface area contributed by atoms with Crippen LogP contribution in [-0.4, -0.2) is 9.97 Å². The number of rotatable bonds is 5. The highest BCUT2D eigenvalue weighted by atomic mass is 32.1. The van der Waals surface area contributed by atoms with Gasteiger partial charge in [-0.05, 0) is 52.6 Å². The minimum Gasteiger partial charge on any atom is -0.455 e. The van der Waals surface area contributed by atoms with Gasteiger partial charge in [0.15, 0.2) is 5.82 Å². The van der Waals surface area contributed by atoms with Gasteiger partial charge in [0.2, 0.25) is 0 Å². The second-order valence-electron chi connectivity index (χ2n) is 12.5. The fraction of sp³-hybridized carbons (Fsp3) is 0. The third-order valence-corrected chi connectivity index (χ3v) is 10.7. The van der Waals surface area contributed by atoms with Crippen molar-refractivity contribution >= 4 is 53.4 Å². The molecule has 7 aromatic carbocycles. The molecule has 0 saturated carbocycles. The van der Waals surface area contributed by atoms with Gasteiger partial charge in [-0.2, -0.15) is 0 Å². The van der Waals surface area contributed by atoms with Gasteiger partial charge in [-0.1, -0.05) is 140 Å². The Hall–Kier alpha value is -6.36. The fourth-order valence-electron chi connectivity index (χ4n) is 7.27. The largest absolute Gasteiger partial charge is 0.455 e. The monoisotopic (exact) mass is 656 g/mol. The predicted octanol–water partition coefficient (Wildman–Crippen LogP) is 13.1. The molecule has 0 atom stereocenters. The van der Waals surface area contributed by atoms with Gasteiger partial charge in [0, 0.05) is 47.6 Å². The van der Waals surface area contributed by atoms with Gasteiger partial charge in [0.05, 0.1) is 11.4 Å². The van der Waals surface area contributed by atoms with E-state index < -0.39 is 0 Å². The Bertz CT molecular complexity index is 2870. The molecule has 0 aliphatic rings. The van der Waals surface area contributed by atoms with E-state index in [-0.39, 0.29) is 0 Å². The summed E-state index contributed by atoms with van der Waals surface area (Å²) in [4.78, 5) is 10.4. The molecule has 0 saturated heterocycles. The summed E-state index contributed by atoms with van der Waals surface area (Å²) < 4.78 is 9.37. The lowest BCUT2D eigenvalue weighted by Gasteiger charge is -2.14. The van der Waals surface area contributed by atoms with E-state index in [9.17, 15) is 0 Å². The Balaban J connectivity index is 1.26. The fourth-order valence-corrected chi connectivity index (χ4v) is 8.40. The molecule has 10 aromatic rings. The van der Waals surface area contributed by atoms with E-state index in [0.29, 0.717) is 5.82 Å². The van der Waals surface area contributed by atoms with Crippen LogP contribution in [0, 0.1) is 0 Å². The van der Waals surface area contributed by atoms with Gasteiger partial charge in [0.1, 0.15) is 11.2 Å². The predicted molar refractivity (Wildman–Crippen MR) is 209 cm³/mol. The van der Waals surface area contributed by atoms with Crippen LogP contribution in [0.25, 0.3) is 98.3 Å². The van der Waals surface area contributed by atoms with E-state index >= 15 is 0 Å². The summed E-state index contributed by atoms with van der Waals surface area (Å²) in [5.41, 5.74) is 10.9. The molecule has 3 nitrogen and oxygen atoms in total. The lowest BCUT2D eigenvalue weighted by Crippen LogP contribution is -1.97. The lowest BCUT2D eigenvalue weighted by molar-refractivity contribution is 0.670. The maximum Gasteiger partial charge on any atom is 0.160 e. The van der Waals surface area contributed by atoms with E-state index in [4.69, 9.17) is 14.4 Å². The molecule has 0 amide bonds. The number of nitrogens with zero attached hydrogens (tertiary/aromatic N) is 2. The van der Waals surface area contributed by atoms with Crippen LogP contribution < -0.4 is 0 Å². The highest BCUT2D eigenvalue weighted by Gasteiger charge is 2.22. The van der Waals surface area contributed by atoms with Crippen LogP contribution in [0.5, 0.6) is 0 Å². The smallest absolute Gasteiger partial charge is 0.160 e. The van der Waals surface area contributed by atoms with E-state index in [1.807, 2.05) is 41.7 Å². The maximum absolute atomic E-state index is 6.81. The molecule has 0 aliphatic heterocycles.